The molecule has 1 aliphatic heterocycles. The number of methoxy groups -OCH3 is 1. The van der Waals surface area contributed by atoms with Crippen molar-refractivity contribution in [3.05, 3.63) is 108 Å². The lowest BCUT2D eigenvalue weighted by Gasteiger charge is -2.44. The van der Waals surface area contributed by atoms with Gasteiger partial charge in [-0.05, 0) is 23.6 Å². The minimum Gasteiger partial charge on any atom is -0.368 e. The molecule has 1 heterocycles. The zero-order valence-electron chi connectivity index (χ0n) is 19.2. The van der Waals surface area contributed by atoms with E-state index in [0.29, 0.717) is 19.8 Å². The lowest BCUT2D eigenvalue weighted by molar-refractivity contribution is -0.314. The first kappa shape index (κ1) is 23.6. The minimum absolute atomic E-state index is 0.226. The molecule has 3 aromatic carbocycles. The van der Waals surface area contributed by atoms with Crippen LogP contribution in [0.15, 0.2) is 91.0 Å². The lowest BCUT2D eigenvalue weighted by Crippen LogP contribution is -2.59. The molecule has 0 saturated carbocycles. The topological polar surface area (TPSA) is 46.2 Å². The highest BCUT2D eigenvalue weighted by Gasteiger charge is 2.47. The van der Waals surface area contributed by atoms with E-state index in [2.05, 4.69) is 24.3 Å². The van der Waals surface area contributed by atoms with Gasteiger partial charge in [0.1, 0.15) is 18.3 Å². The van der Waals surface area contributed by atoms with Crippen LogP contribution in [0.1, 0.15) is 23.6 Å². The van der Waals surface area contributed by atoms with Crippen LogP contribution in [-0.4, -0.2) is 37.8 Å². The van der Waals surface area contributed by atoms with E-state index >= 15 is 0 Å². The van der Waals surface area contributed by atoms with Gasteiger partial charge >= 0.3 is 0 Å². The normalized spacial score (nSPS) is 25.1. The standard InChI is InChI=1S/C28H32O5/c1-21-25(30-18-22-12-6-3-7-13-22)26(31-19-23-14-8-4-9-15-23)27(28(29-2)33-21)32-20-24-16-10-5-11-17-24/h3-17,21,25-28H,18-20H2,1-2H3/t21-,25-,26+,27-,28-/m1/s1. The van der Waals surface area contributed by atoms with Crippen molar-refractivity contribution in [2.45, 2.75) is 57.5 Å². The summed E-state index contributed by atoms with van der Waals surface area (Å²) in [6, 6.07) is 30.3. The van der Waals surface area contributed by atoms with Gasteiger partial charge in [0.25, 0.3) is 0 Å². The van der Waals surface area contributed by atoms with Crippen LogP contribution in [-0.2, 0) is 43.5 Å². The van der Waals surface area contributed by atoms with Gasteiger partial charge in [-0.2, -0.15) is 0 Å². The smallest absolute Gasteiger partial charge is 0.186 e. The van der Waals surface area contributed by atoms with Gasteiger partial charge in [0.15, 0.2) is 6.29 Å². The summed E-state index contributed by atoms with van der Waals surface area (Å²) in [5, 5.41) is 0. The van der Waals surface area contributed by atoms with Crippen molar-refractivity contribution in [1.29, 1.82) is 0 Å². The third kappa shape index (κ3) is 6.50. The highest BCUT2D eigenvalue weighted by atomic mass is 16.7. The third-order valence-electron chi connectivity index (χ3n) is 5.82. The van der Waals surface area contributed by atoms with Crippen molar-refractivity contribution in [3.8, 4) is 0 Å². The van der Waals surface area contributed by atoms with Crippen molar-refractivity contribution >= 4 is 0 Å². The van der Waals surface area contributed by atoms with Crippen molar-refractivity contribution in [2.75, 3.05) is 7.11 Å². The van der Waals surface area contributed by atoms with Gasteiger partial charge in [0, 0.05) is 7.11 Å². The average Bonchev–Trinajstić information content (AvgIpc) is 2.87. The fourth-order valence-electron chi connectivity index (χ4n) is 4.06. The fraction of sp³-hybridized carbons (Fsp3) is 0.357. The first-order valence-corrected chi connectivity index (χ1v) is 11.4. The van der Waals surface area contributed by atoms with Crippen LogP contribution in [0.5, 0.6) is 0 Å². The molecule has 1 aliphatic rings. The Hall–Kier alpha value is -2.54. The van der Waals surface area contributed by atoms with Gasteiger partial charge in [-0.3, -0.25) is 0 Å². The molecule has 1 saturated heterocycles. The van der Waals surface area contributed by atoms with E-state index in [4.69, 9.17) is 23.7 Å². The largest absolute Gasteiger partial charge is 0.368 e. The van der Waals surface area contributed by atoms with Gasteiger partial charge < -0.3 is 23.7 Å². The molecule has 1 fully saturated rings. The predicted octanol–water partition coefficient (Wildman–Crippen LogP) is 5.13. The highest BCUT2D eigenvalue weighted by Crippen LogP contribution is 2.30. The van der Waals surface area contributed by atoms with Crippen LogP contribution >= 0.6 is 0 Å². The zero-order valence-corrected chi connectivity index (χ0v) is 19.2. The number of hydrogen-bond donors (Lipinski definition) is 0. The predicted molar refractivity (Wildman–Crippen MR) is 126 cm³/mol. The zero-order chi connectivity index (χ0) is 22.9. The van der Waals surface area contributed by atoms with Gasteiger partial charge in [0.2, 0.25) is 0 Å². The van der Waals surface area contributed by atoms with Gasteiger partial charge in [-0.25, -0.2) is 0 Å². The van der Waals surface area contributed by atoms with Crippen LogP contribution in [0.2, 0.25) is 0 Å². The Morgan fingerprint density at radius 2 is 0.970 bits per heavy atom. The fourth-order valence-corrected chi connectivity index (χ4v) is 4.06. The molecule has 4 rings (SSSR count). The summed E-state index contributed by atoms with van der Waals surface area (Å²) in [5.41, 5.74) is 3.27. The van der Waals surface area contributed by atoms with E-state index in [1.807, 2.05) is 73.7 Å². The van der Waals surface area contributed by atoms with Crippen LogP contribution in [0.4, 0.5) is 0 Å². The second kappa shape index (κ2) is 12.1. The highest BCUT2D eigenvalue weighted by molar-refractivity contribution is 5.15. The summed E-state index contributed by atoms with van der Waals surface area (Å²) in [5.74, 6) is 0. The number of rotatable bonds is 10. The van der Waals surface area contributed by atoms with E-state index in [1.54, 1.807) is 7.11 Å². The first-order chi connectivity index (χ1) is 16.2. The Bertz CT molecular complexity index is 934. The average molecular weight is 449 g/mol. The van der Waals surface area contributed by atoms with Crippen LogP contribution in [0, 0.1) is 0 Å². The van der Waals surface area contributed by atoms with E-state index < -0.39 is 12.4 Å². The maximum atomic E-state index is 6.46. The summed E-state index contributed by atoms with van der Waals surface area (Å²) in [6.07, 6.45) is -1.92. The number of benzene rings is 3. The molecule has 0 aliphatic carbocycles. The molecule has 0 N–H and O–H groups in total. The molecule has 0 amide bonds. The molecule has 0 bridgehead atoms. The van der Waals surface area contributed by atoms with E-state index in [0.717, 1.165) is 16.7 Å². The molecule has 3 aromatic rings. The van der Waals surface area contributed by atoms with E-state index in [1.165, 1.54) is 0 Å². The van der Waals surface area contributed by atoms with Gasteiger partial charge in [-0.1, -0.05) is 91.0 Å². The van der Waals surface area contributed by atoms with Gasteiger partial charge in [-0.15, -0.1) is 0 Å². The monoisotopic (exact) mass is 448 g/mol. The summed E-state index contributed by atoms with van der Waals surface area (Å²) in [4.78, 5) is 0. The number of ether oxygens (including phenoxy) is 5. The lowest BCUT2D eigenvalue weighted by atomic mass is 9.98. The number of hydrogen-bond acceptors (Lipinski definition) is 5. The Morgan fingerprint density at radius 3 is 1.39 bits per heavy atom. The third-order valence-corrected chi connectivity index (χ3v) is 5.82. The molecule has 5 nitrogen and oxygen atoms in total. The molecule has 0 unspecified atom stereocenters. The van der Waals surface area contributed by atoms with Crippen LogP contribution in [0.25, 0.3) is 0 Å². The Labute approximate surface area is 196 Å². The quantitative estimate of drug-likeness (QED) is 0.430. The SMILES string of the molecule is CO[C@@H]1O[C@H](C)[C@@H](OCc2ccccc2)[C@H](OCc2ccccc2)[C@H]1OCc1ccccc1. The first-order valence-electron chi connectivity index (χ1n) is 11.4. The molecule has 0 spiro atoms. The Balaban J connectivity index is 1.53. The van der Waals surface area contributed by atoms with Crippen molar-refractivity contribution in [1.82, 2.24) is 0 Å². The molecule has 174 valence electrons. The van der Waals surface area contributed by atoms with Gasteiger partial charge in [0.05, 0.1) is 25.9 Å². The maximum absolute atomic E-state index is 6.46. The summed E-state index contributed by atoms with van der Waals surface area (Å²) < 4.78 is 31.0. The second-order valence-electron chi connectivity index (χ2n) is 8.23. The molecular formula is C28H32O5. The minimum atomic E-state index is -0.555. The Kier molecular flexibility index (Phi) is 8.64. The van der Waals surface area contributed by atoms with Crippen LogP contribution in [0.3, 0.4) is 0 Å². The maximum Gasteiger partial charge on any atom is 0.186 e. The summed E-state index contributed by atoms with van der Waals surface area (Å²) >= 11 is 0. The molecule has 5 heteroatoms. The molecule has 0 aromatic heterocycles. The van der Waals surface area contributed by atoms with Crippen molar-refractivity contribution in [2.24, 2.45) is 0 Å². The second-order valence-corrected chi connectivity index (χ2v) is 8.23. The molecular weight excluding hydrogens is 416 g/mol. The summed E-state index contributed by atoms with van der Waals surface area (Å²) in [7, 11) is 1.63. The Morgan fingerprint density at radius 1 is 0.576 bits per heavy atom. The van der Waals surface area contributed by atoms with Crippen molar-refractivity contribution in [3.63, 3.8) is 0 Å². The van der Waals surface area contributed by atoms with E-state index in [-0.39, 0.29) is 18.3 Å². The molecule has 0 radical (unpaired) electrons. The van der Waals surface area contributed by atoms with Crippen molar-refractivity contribution < 1.29 is 23.7 Å². The van der Waals surface area contributed by atoms with Crippen LogP contribution < -0.4 is 0 Å². The summed E-state index contributed by atoms with van der Waals surface area (Å²) in [6.45, 7) is 3.34. The van der Waals surface area contributed by atoms with E-state index in [9.17, 15) is 0 Å². The molecule has 33 heavy (non-hydrogen) atoms. The molecule has 5 atom stereocenters.